The van der Waals surface area contributed by atoms with Crippen molar-refractivity contribution >= 4 is 17.9 Å². The van der Waals surface area contributed by atoms with Crippen LogP contribution in [-0.4, -0.2) is 76.7 Å². The number of carboxylic acids is 1. The first-order chi connectivity index (χ1) is 9.32. The zero-order valence-corrected chi connectivity index (χ0v) is 11.7. The Bertz CT molecular complexity index is 379. The van der Waals surface area contributed by atoms with Gasteiger partial charge >= 0.3 is 12.0 Å². The predicted octanol–water partition coefficient (Wildman–Crippen LogP) is -0.916. The summed E-state index contributed by atoms with van der Waals surface area (Å²) in [6.07, 6.45) is 0.703. The molecule has 1 aliphatic rings. The molecule has 3 N–H and O–H groups in total. The van der Waals surface area contributed by atoms with Crippen LogP contribution in [0.4, 0.5) is 4.79 Å². The fourth-order valence-electron chi connectivity index (χ4n) is 1.97. The topological polar surface area (TPSA) is 110 Å². The van der Waals surface area contributed by atoms with Crippen LogP contribution in [0.2, 0.25) is 0 Å². The third kappa shape index (κ3) is 4.37. The second-order valence-corrected chi connectivity index (χ2v) is 4.95. The van der Waals surface area contributed by atoms with Gasteiger partial charge in [0.25, 0.3) is 0 Å². The van der Waals surface area contributed by atoms with Gasteiger partial charge in [0.2, 0.25) is 5.91 Å². The van der Waals surface area contributed by atoms with E-state index in [0.29, 0.717) is 13.1 Å². The van der Waals surface area contributed by atoms with Gasteiger partial charge in [-0.3, -0.25) is 4.79 Å². The summed E-state index contributed by atoms with van der Waals surface area (Å²) in [5.41, 5.74) is 0. The zero-order valence-electron chi connectivity index (χ0n) is 11.7. The highest BCUT2D eigenvalue weighted by Gasteiger charge is 2.27. The van der Waals surface area contributed by atoms with E-state index in [1.54, 1.807) is 4.90 Å². The molecule has 8 heteroatoms. The van der Waals surface area contributed by atoms with Gasteiger partial charge in [0.15, 0.2) is 6.04 Å². The van der Waals surface area contributed by atoms with Gasteiger partial charge in [-0.25, -0.2) is 9.59 Å². The van der Waals surface area contributed by atoms with E-state index in [2.05, 4.69) is 5.32 Å². The van der Waals surface area contributed by atoms with Gasteiger partial charge in [-0.05, 0) is 19.8 Å². The van der Waals surface area contributed by atoms with Crippen molar-refractivity contribution in [3.05, 3.63) is 0 Å². The minimum Gasteiger partial charge on any atom is -0.480 e. The summed E-state index contributed by atoms with van der Waals surface area (Å²) in [5.74, 6) is -1.49. The third-order valence-corrected chi connectivity index (χ3v) is 3.21. The van der Waals surface area contributed by atoms with Gasteiger partial charge in [-0.2, -0.15) is 0 Å². The maximum atomic E-state index is 11.9. The van der Waals surface area contributed by atoms with E-state index in [-0.39, 0.29) is 12.5 Å². The number of likely N-dealkylation sites (N-methyl/N-ethyl adjacent to an activating group) is 1. The van der Waals surface area contributed by atoms with Gasteiger partial charge in [0.1, 0.15) is 6.54 Å². The molecule has 0 bridgehead atoms. The first-order valence-electron chi connectivity index (χ1n) is 6.53. The van der Waals surface area contributed by atoms with Crippen molar-refractivity contribution in [3.63, 3.8) is 0 Å². The molecular formula is C12H21N3O5. The molecule has 3 amide bonds. The molecule has 0 aliphatic carbocycles. The SMILES string of the molecule is CC(O)C(NC(=O)N(C)CC(=O)N1CCCC1)C(=O)O. The van der Waals surface area contributed by atoms with Crippen LogP contribution >= 0.6 is 0 Å². The Morgan fingerprint density at radius 2 is 1.85 bits per heavy atom. The first-order valence-corrected chi connectivity index (χ1v) is 6.53. The van der Waals surface area contributed by atoms with Gasteiger partial charge < -0.3 is 25.3 Å². The van der Waals surface area contributed by atoms with E-state index >= 15 is 0 Å². The molecule has 20 heavy (non-hydrogen) atoms. The van der Waals surface area contributed by atoms with Crippen molar-refractivity contribution in [3.8, 4) is 0 Å². The molecule has 1 rings (SSSR count). The second kappa shape index (κ2) is 7.09. The summed E-state index contributed by atoms with van der Waals surface area (Å²) in [6, 6.07) is -2.10. The Morgan fingerprint density at radius 3 is 2.30 bits per heavy atom. The molecule has 1 fully saturated rings. The first kappa shape index (κ1) is 16.2. The predicted molar refractivity (Wildman–Crippen MR) is 70.1 cm³/mol. The highest BCUT2D eigenvalue weighted by atomic mass is 16.4. The van der Waals surface area contributed by atoms with Crippen LogP contribution in [0.3, 0.4) is 0 Å². The summed E-state index contributed by atoms with van der Waals surface area (Å²) in [4.78, 5) is 37.3. The van der Waals surface area contributed by atoms with Crippen LogP contribution in [0.1, 0.15) is 19.8 Å². The lowest BCUT2D eigenvalue weighted by Gasteiger charge is -2.24. The number of aliphatic hydroxyl groups is 1. The zero-order chi connectivity index (χ0) is 15.3. The summed E-state index contributed by atoms with van der Waals surface area (Å²) in [7, 11) is 1.41. The fourth-order valence-corrected chi connectivity index (χ4v) is 1.97. The van der Waals surface area contributed by atoms with Gasteiger partial charge in [-0.15, -0.1) is 0 Å². The maximum Gasteiger partial charge on any atom is 0.328 e. The molecule has 0 saturated carbocycles. The fraction of sp³-hybridized carbons (Fsp3) is 0.750. The standard InChI is InChI=1S/C12H21N3O5/c1-8(16)10(11(18)19)13-12(20)14(2)7-9(17)15-5-3-4-6-15/h8,10,16H,3-7H2,1-2H3,(H,13,20)(H,18,19). The van der Waals surface area contributed by atoms with Gasteiger partial charge in [-0.1, -0.05) is 0 Å². The number of carbonyl (C=O) groups is 3. The number of hydrogen-bond acceptors (Lipinski definition) is 4. The van der Waals surface area contributed by atoms with E-state index < -0.39 is 24.1 Å². The van der Waals surface area contributed by atoms with E-state index in [1.165, 1.54) is 14.0 Å². The quantitative estimate of drug-likeness (QED) is 0.606. The van der Waals surface area contributed by atoms with Crippen molar-refractivity contribution in [2.75, 3.05) is 26.7 Å². The average molecular weight is 287 g/mol. The highest BCUT2D eigenvalue weighted by Crippen LogP contribution is 2.07. The van der Waals surface area contributed by atoms with Crippen molar-refractivity contribution in [1.82, 2.24) is 15.1 Å². The molecular weight excluding hydrogens is 266 g/mol. The Balaban J connectivity index is 2.49. The molecule has 0 radical (unpaired) electrons. The van der Waals surface area contributed by atoms with E-state index in [1.807, 2.05) is 0 Å². The maximum absolute atomic E-state index is 11.9. The number of likely N-dealkylation sites (tertiary alicyclic amines) is 1. The van der Waals surface area contributed by atoms with Crippen molar-refractivity contribution in [1.29, 1.82) is 0 Å². The molecule has 0 spiro atoms. The number of nitrogens with zero attached hydrogens (tertiary/aromatic N) is 2. The van der Waals surface area contributed by atoms with Crippen LogP contribution in [0, 0.1) is 0 Å². The number of nitrogens with one attached hydrogen (secondary N) is 1. The lowest BCUT2D eigenvalue weighted by molar-refractivity contribution is -0.141. The number of aliphatic hydroxyl groups excluding tert-OH is 1. The normalized spacial score (nSPS) is 17.4. The van der Waals surface area contributed by atoms with Crippen molar-refractivity contribution in [2.45, 2.75) is 31.9 Å². The van der Waals surface area contributed by atoms with Crippen LogP contribution in [0.5, 0.6) is 0 Å². The van der Waals surface area contributed by atoms with Gasteiger partial charge in [0.05, 0.1) is 6.10 Å². The lowest BCUT2D eigenvalue weighted by Crippen LogP contribution is -2.53. The molecule has 0 aromatic rings. The van der Waals surface area contributed by atoms with Crippen LogP contribution in [0.25, 0.3) is 0 Å². The summed E-state index contributed by atoms with van der Waals surface area (Å²) < 4.78 is 0. The van der Waals surface area contributed by atoms with Crippen LogP contribution in [-0.2, 0) is 9.59 Å². The van der Waals surface area contributed by atoms with Crippen LogP contribution in [0.15, 0.2) is 0 Å². The van der Waals surface area contributed by atoms with Crippen LogP contribution < -0.4 is 5.32 Å². The van der Waals surface area contributed by atoms with Gasteiger partial charge in [0, 0.05) is 20.1 Å². The average Bonchev–Trinajstić information content (AvgIpc) is 2.88. The molecule has 0 aromatic heterocycles. The molecule has 1 aliphatic heterocycles. The Labute approximate surface area is 117 Å². The molecule has 1 heterocycles. The molecule has 0 aromatic carbocycles. The number of carbonyl (C=O) groups excluding carboxylic acids is 2. The summed E-state index contributed by atoms with van der Waals surface area (Å²) in [6.45, 7) is 2.55. The van der Waals surface area contributed by atoms with Crippen molar-refractivity contribution in [2.24, 2.45) is 0 Å². The molecule has 8 nitrogen and oxygen atoms in total. The summed E-state index contributed by atoms with van der Waals surface area (Å²) >= 11 is 0. The molecule has 114 valence electrons. The number of rotatable bonds is 5. The second-order valence-electron chi connectivity index (χ2n) is 4.95. The highest BCUT2D eigenvalue weighted by molar-refractivity contribution is 5.86. The number of hydrogen-bond donors (Lipinski definition) is 3. The Morgan fingerprint density at radius 1 is 1.30 bits per heavy atom. The third-order valence-electron chi connectivity index (χ3n) is 3.21. The summed E-state index contributed by atoms with van der Waals surface area (Å²) in [5, 5.41) is 20.3. The molecule has 2 atom stereocenters. The molecule has 2 unspecified atom stereocenters. The lowest BCUT2D eigenvalue weighted by atomic mass is 10.2. The number of carboxylic acid groups (broad SMARTS) is 1. The Hall–Kier alpha value is -1.83. The molecule has 1 saturated heterocycles. The number of aliphatic carboxylic acids is 1. The Kier molecular flexibility index (Phi) is 5.75. The monoisotopic (exact) mass is 287 g/mol. The van der Waals surface area contributed by atoms with E-state index in [0.717, 1.165) is 17.7 Å². The number of urea groups is 1. The minimum absolute atomic E-state index is 0.113. The van der Waals surface area contributed by atoms with E-state index in [9.17, 15) is 19.5 Å². The number of amides is 3. The smallest absolute Gasteiger partial charge is 0.328 e. The van der Waals surface area contributed by atoms with Crippen molar-refractivity contribution < 1.29 is 24.6 Å². The van der Waals surface area contributed by atoms with E-state index in [4.69, 9.17) is 5.11 Å². The minimum atomic E-state index is -1.40. The largest absolute Gasteiger partial charge is 0.480 e.